The van der Waals surface area contributed by atoms with Gasteiger partial charge in [0.1, 0.15) is 0 Å². The van der Waals surface area contributed by atoms with Crippen molar-refractivity contribution in [3.63, 3.8) is 0 Å². The molecule has 23 heavy (non-hydrogen) atoms. The lowest BCUT2D eigenvalue weighted by molar-refractivity contribution is 0.0501. The average molecular weight is 337 g/mol. The summed E-state index contributed by atoms with van der Waals surface area (Å²) in [6.07, 6.45) is 10.4. The van der Waals surface area contributed by atoms with E-state index in [0.717, 1.165) is 44.9 Å². The molecule has 2 aliphatic rings. The number of amides is 2. The molecule has 0 saturated heterocycles. The Morgan fingerprint density at radius 2 is 1.96 bits per heavy atom. The van der Waals surface area contributed by atoms with Crippen LogP contribution in [0.1, 0.15) is 60.5 Å². The van der Waals surface area contributed by atoms with Crippen molar-refractivity contribution in [3.05, 3.63) is 15.6 Å². The number of urea groups is 1. The molecule has 0 radical (unpaired) electrons. The Bertz CT molecular complexity index is 514. The molecule has 3 rings (SSSR count). The molecule has 5 nitrogen and oxygen atoms in total. The summed E-state index contributed by atoms with van der Waals surface area (Å²) in [5, 5.41) is 17.1. The van der Waals surface area contributed by atoms with Crippen LogP contribution in [0.15, 0.2) is 0 Å². The number of aromatic nitrogens is 1. The fraction of sp³-hybridized carbons (Fsp3) is 0.765. The van der Waals surface area contributed by atoms with Crippen molar-refractivity contribution in [2.75, 3.05) is 13.1 Å². The van der Waals surface area contributed by atoms with Crippen LogP contribution >= 0.6 is 11.3 Å². The van der Waals surface area contributed by atoms with Gasteiger partial charge in [-0.05, 0) is 44.9 Å². The molecule has 1 fully saturated rings. The number of carbonyl (C=O) groups is 1. The lowest BCUT2D eigenvalue weighted by atomic mass is 10.0. The van der Waals surface area contributed by atoms with Crippen molar-refractivity contribution >= 4 is 17.4 Å². The Labute approximate surface area is 141 Å². The maximum absolute atomic E-state index is 11.8. The molecule has 3 N–H and O–H groups in total. The van der Waals surface area contributed by atoms with Gasteiger partial charge in [0, 0.05) is 24.4 Å². The third-order valence-electron chi connectivity index (χ3n) is 4.86. The Balaban J connectivity index is 1.31. The van der Waals surface area contributed by atoms with E-state index in [1.54, 1.807) is 0 Å². The van der Waals surface area contributed by atoms with Crippen LogP contribution in [0.4, 0.5) is 4.79 Å². The van der Waals surface area contributed by atoms with Gasteiger partial charge in [0.2, 0.25) is 0 Å². The van der Waals surface area contributed by atoms with Gasteiger partial charge in [-0.3, -0.25) is 0 Å². The lowest BCUT2D eigenvalue weighted by Gasteiger charge is -2.22. The summed E-state index contributed by atoms with van der Waals surface area (Å²) in [5.41, 5.74) is 0.629. The number of nitrogens with zero attached hydrogens (tertiary/aromatic N) is 1. The Morgan fingerprint density at radius 1 is 1.17 bits per heavy atom. The zero-order chi connectivity index (χ0) is 16.1. The monoisotopic (exact) mass is 337 g/mol. The third-order valence-corrected chi connectivity index (χ3v) is 6.07. The summed E-state index contributed by atoms with van der Waals surface area (Å²) in [6, 6.07) is -0.177. The summed E-state index contributed by atoms with van der Waals surface area (Å²) >= 11 is 1.85. The molecule has 0 unspecified atom stereocenters. The molecular weight excluding hydrogens is 310 g/mol. The molecule has 128 valence electrons. The van der Waals surface area contributed by atoms with Crippen LogP contribution in [0.3, 0.4) is 0 Å². The molecule has 1 saturated carbocycles. The average Bonchev–Trinajstić information content (AvgIpc) is 3.16. The van der Waals surface area contributed by atoms with Gasteiger partial charge in [0.25, 0.3) is 0 Å². The number of aliphatic hydroxyl groups is 1. The summed E-state index contributed by atoms with van der Waals surface area (Å²) < 4.78 is 0. The highest BCUT2D eigenvalue weighted by atomic mass is 32.1. The summed E-state index contributed by atoms with van der Waals surface area (Å²) in [4.78, 5) is 18.0. The van der Waals surface area contributed by atoms with Gasteiger partial charge >= 0.3 is 6.03 Å². The third kappa shape index (κ3) is 4.67. The first kappa shape index (κ1) is 16.7. The largest absolute Gasteiger partial charge is 0.388 e. The van der Waals surface area contributed by atoms with E-state index in [9.17, 15) is 9.90 Å². The molecule has 0 aliphatic heterocycles. The van der Waals surface area contributed by atoms with Crippen LogP contribution in [0.2, 0.25) is 0 Å². The van der Waals surface area contributed by atoms with Crippen molar-refractivity contribution < 1.29 is 9.90 Å². The lowest BCUT2D eigenvalue weighted by Crippen LogP contribution is -2.45. The minimum Gasteiger partial charge on any atom is -0.388 e. The second kappa shape index (κ2) is 7.62. The number of hydrogen-bond donors (Lipinski definition) is 3. The van der Waals surface area contributed by atoms with Gasteiger partial charge in [-0.2, -0.15) is 0 Å². The SMILES string of the molecule is O=C(NCCCc1nc2c(s1)CCCC2)NCC1(O)CCCC1. The topological polar surface area (TPSA) is 74.2 Å². The van der Waals surface area contributed by atoms with Gasteiger partial charge in [-0.1, -0.05) is 12.8 Å². The fourth-order valence-corrected chi connectivity index (χ4v) is 4.67. The van der Waals surface area contributed by atoms with Crippen molar-refractivity contribution in [3.8, 4) is 0 Å². The van der Waals surface area contributed by atoms with E-state index in [4.69, 9.17) is 4.98 Å². The van der Waals surface area contributed by atoms with Gasteiger partial charge in [-0.15, -0.1) is 11.3 Å². The minimum atomic E-state index is -0.683. The van der Waals surface area contributed by atoms with E-state index in [2.05, 4.69) is 10.6 Å². The number of carbonyl (C=O) groups excluding carboxylic acids is 1. The van der Waals surface area contributed by atoms with Gasteiger partial charge < -0.3 is 15.7 Å². The van der Waals surface area contributed by atoms with Crippen LogP contribution in [0.5, 0.6) is 0 Å². The maximum atomic E-state index is 11.8. The van der Waals surface area contributed by atoms with E-state index < -0.39 is 5.60 Å². The quantitative estimate of drug-likeness (QED) is 0.699. The van der Waals surface area contributed by atoms with Crippen LogP contribution < -0.4 is 10.6 Å². The number of aryl methyl sites for hydroxylation is 3. The molecule has 6 heteroatoms. The molecule has 0 atom stereocenters. The Hall–Kier alpha value is -1.14. The highest BCUT2D eigenvalue weighted by Crippen LogP contribution is 2.28. The summed E-state index contributed by atoms with van der Waals surface area (Å²) in [6.45, 7) is 1.01. The van der Waals surface area contributed by atoms with Gasteiger partial charge in [-0.25, -0.2) is 9.78 Å². The van der Waals surface area contributed by atoms with Crippen molar-refractivity contribution in [1.29, 1.82) is 0 Å². The normalized spacial score (nSPS) is 19.3. The number of fused-ring (bicyclic) bond motifs is 1. The smallest absolute Gasteiger partial charge is 0.314 e. The molecule has 1 aromatic rings. The highest BCUT2D eigenvalue weighted by Gasteiger charge is 2.31. The number of nitrogens with one attached hydrogen (secondary N) is 2. The van der Waals surface area contributed by atoms with Crippen LogP contribution in [0.25, 0.3) is 0 Å². The fourth-order valence-electron chi connectivity index (χ4n) is 3.47. The zero-order valence-corrected chi connectivity index (χ0v) is 14.5. The highest BCUT2D eigenvalue weighted by molar-refractivity contribution is 7.11. The maximum Gasteiger partial charge on any atom is 0.314 e. The van der Waals surface area contributed by atoms with Crippen molar-refractivity contribution in [1.82, 2.24) is 15.6 Å². The molecule has 0 bridgehead atoms. The predicted molar refractivity (Wildman–Crippen MR) is 91.9 cm³/mol. The van der Waals surface area contributed by atoms with Gasteiger partial charge in [0.05, 0.1) is 16.3 Å². The van der Waals surface area contributed by atoms with E-state index >= 15 is 0 Å². The molecule has 2 aliphatic carbocycles. The molecule has 0 aromatic carbocycles. The van der Waals surface area contributed by atoms with Crippen LogP contribution in [0, 0.1) is 0 Å². The molecular formula is C17H27N3O2S. The first-order valence-electron chi connectivity index (χ1n) is 8.86. The van der Waals surface area contributed by atoms with Crippen LogP contribution in [-0.4, -0.2) is 34.8 Å². The molecule has 2 amide bonds. The Kier molecular flexibility index (Phi) is 5.54. The number of rotatable bonds is 6. The Morgan fingerprint density at radius 3 is 2.74 bits per heavy atom. The minimum absolute atomic E-state index is 0.177. The van der Waals surface area contributed by atoms with Crippen LogP contribution in [-0.2, 0) is 19.3 Å². The van der Waals surface area contributed by atoms with Gasteiger partial charge in [0.15, 0.2) is 0 Å². The summed E-state index contributed by atoms with van der Waals surface area (Å²) in [7, 11) is 0. The standard InChI is InChI=1S/C17H27N3O2S/c21-16(19-12-17(22)9-3-4-10-17)18-11-5-8-15-20-13-6-1-2-7-14(13)23-15/h22H,1-12H2,(H2,18,19,21). The number of thiazole rings is 1. The van der Waals surface area contributed by atoms with E-state index in [0.29, 0.717) is 13.1 Å². The second-order valence-corrected chi connectivity index (χ2v) is 8.00. The predicted octanol–water partition coefficient (Wildman–Crippen LogP) is 2.56. The molecule has 1 heterocycles. The second-order valence-electron chi connectivity index (χ2n) is 6.83. The molecule has 0 spiro atoms. The first-order valence-corrected chi connectivity index (χ1v) is 9.68. The van der Waals surface area contributed by atoms with E-state index in [1.165, 1.54) is 34.8 Å². The first-order chi connectivity index (χ1) is 11.1. The molecule has 1 aromatic heterocycles. The number of hydrogen-bond acceptors (Lipinski definition) is 4. The van der Waals surface area contributed by atoms with E-state index in [1.807, 2.05) is 11.3 Å². The zero-order valence-electron chi connectivity index (χ0n) is 13.7. The van der Waals surface area contributed by atoms with Crippen molar-refractivity contribution in [2.24, 2.45) is 0 Å². The van der Waals surface area contributed by atoms with E-state index in [-0.39, 0.29) is 6.03 Å². The summed E-state index contributed by atoms with van der Waals surface area (Å²) in [5.74, 6) is 0. The van der Waals surface area contributed by atoms with Crippen molar-refractivity contribution in [2.45, 2.75) is 69.8 Å².